The lowest BCUT2D eigenvalue weighted by atomic mass is 10.1. The first-order valence-electron chi connectivity index (χ1n) is 4.83. The lowest BCUT2D eigenvalue weighted by Gasteiger charge is -2.25. The van der Waals surface area contributed by atoms with Gasteiger partial charge >= 0.3 is 5.97 Å². The van der Waals surface area contributed by atoms with Crippen molar-refractivity contribution in [1.29, 1.82) is 0 Å². The number of aliphatic hydroxyl groups is 1. The fraction of sp³-hybridized carbons (Fsp3) is 0.900. The van der Waals surface area contributed by atoms with Crippen molar-refractivity contribution in [3.8, 4) is 0 Å². The Balaban J connectivity index is 3.63. The Kier molecular flexibility index (Phi) is 5.72. The van der Waals surface area contributed by atoms with Crippen LogP contribution < -0.4 is 0 Å². The fourth-order valence-electron chi connectivity index (χ4n) is 0.686. The molecule has 0 fully saturated rings. The molecule has 0 saturated heterocycles. The highest BCUT2D eigenvalue weighted by Crippen LogP contribution is 2.13. The maximum atomic E-state index is 10.4. The third kappa shape index (κ3) is 6.86. The van der Waals surface area contributed by atoms with E-state index in [1.165, 1.54) is 6.92 Å². The highest BCUT2D eigenvalue weighted by atomic mass is 16.5. The Morgan fingerprint density at radius 3 is 2.43 bits per heavy atom. The van der Waals surface area contributed by atoms with E-state index in [0.717, 1.165) is 6.42 Å². The summed E-state index contributed by atoms with van der Waals surface area (Å²) in [6.45, 7) is 7.41. The molecule has 0 saturated carbocycles. The van der Waals surface area contributed by atoms with Crippen molar-refractivity contribution in [3.63, 3.8) is 0 Å². The summed E-state index contributed by atoms with van der Waals surface area (Å²) in [6, 6.07) is 0. The molecule has 1 atom stereocenters. The molecule has 1 unspecified atom stereocenters. The molecule has 84 valence electrons. The molecule has 4 nitrogen and oxygen atoms in total. The van der Waals surface area contributed by atoms with Gasteiger partial charge < -0.3 is 14.6 Å². The normalized spacial score (nSPS) is 13.8. The predicted octanol–water partition coefficient (Wildman–Crippen LogP) is 1.12. The van der Waals surface area contributed by atoms with Crippen molar-refractivity contribution >= 4 is 5.97 Å². The molecule has 0 aliphatic carbocycles. The Labute approximate surface area is 85.2 Å². The lowest BCUT2D eigenvalue weighted by molar-refractivity contribution is -0.146. The number of ether oxygens (including phenoxy) is 2. The summed E-state index contributed by atoms with van der Waals surface area (Å²) in [6.07, 6.45) is 0.123. The highest BCUT2D eigenvalue weighted by molar-refractivity contribution is 5.65. The van der Waals surface area contributed by atoms with Crippen molar-refractivity contribution in [2.24, 2.45) is 0 Å². The minimum atomic E-state index is -0.746. The first-order chi connectivity index (χ1) is 6.37. The van der Waals surface area contributed by atoms with Crippen LogP contribution in [0.3, 0.4) is 0 Å². The molecule has 0 amide bonds. The number of carbonyl (C=O) groups is 1. The monoisotopic (exact) mass is 204 g/mol. The van der Waals surface area contributed by atoms with E-state index in [1.807, 2.05) is 20.8 Å². The topological polar surface area (TPSA) is 55.8 Å². The van der Waals surface area contributed by atoms with Gasteiger partial charge in [0, 0.05) is 6.92 Å². The van der Waals surface area contributed by atoms with Gasteiger partial charge in [-0.3, -0.25) is 4.79 Å². The second-order valence-corrected chi connectivity index (χ2v) is 3.88. The van der Waals surface area contributed by atoms with Gasteiger partial charge in [-0.25, -0.2) is 0 Å². The van der Waals surface area contributed by atoms with Crippen LogP contribution in [-0.4, -0.2) is 36.0 Å². The van der Waals surface area contributed by atoms with Gasteiger partial charge in [-0.15, -0.1) is 0 Å². The van der Waals surface area contributed by atoms with Crippen molar-refractivity contribution < 1.29 is 19.4 Å². The first kappa shape index (κ1) is 13.4. The maximum absolute atomic E-state index is 10.4. The minimum Gasteiger partial charge on any atom is -0.463 e. The van der Waals surface area contributed by atoms with Crippen molar-refractivity contribution in [2.75, 3.05) is 13.2 Å². The van der Waals surface area contributed by atoms with Crippen LogP contribution in [0, 0.1) is 0 Å². The van der Waals surface area contributed by atoms with Gasteiger partial charge in [0.05, 0.1) is 12.2 Å². The van der Waals surface area contributed by atoms with Gasteiger partial charge in [-0.2, -0.15) is 0 Å². The van der Waals surface area contributed by atoms with Gasteiger partial charge in [0.25, 0.3) is 0 Å². The second-order valence-electron chi connectivity index (χ2n) is 3.88. The standard InChI is InChI=1S/C10H20O4/c1-5-10(3,4)14-7-9(12)6-13-8(2)11/h9,12H,5-7H2,1-4H3. The molecular weight excluding hydrogens is 184 g/mol. The van der Waals surface area contributed by atoms with E-state index in [-0.39, 0.29) is 24.8 Å². The number of rotatable bonds is 6. The largest absolute Gasteiger partial charge is 0.463 e. The van der Waals surface area contributed by atoms with Crippen molar-refractivity contribution in [1.82, 2.24) is 0 Å². The molecule has 0 aromatic rings. The zero-order chi connectivity index (χ0) is 11.2. The van der Waals surface area contributed by atoms with Gasteiger partial charge in [-0.1, -0.05) is 6.92 Å². The molecule has 0 radical (unpaired) electrons. The average Bonchev–Trinajstić information content (AvgIpc) is 2.11. The number of aliphatic hydroxyl groups excluding tert-OH is 1. The van der Waals surface area contributed by atoms with Crippen LogP contribution >= 0.6 is 0 Å². The zero-order valence-electron chi connectivity index (χ0n) is 9.37. The second kappa shape index (κ2) is 5.98. The smallest absolute Gasteiger partial charge is 0.302 e. The van der Waals surface area contributed by atoms with E-state index in [9.17, 15) is 9.90 Å². The Hall–Kier alpha value is -0.610. The van der Waals surface area contributed by atoms with E-state index in [0.29, 0.717) is 0 Å². The lowest BCUT2D eigenvalue weighted by Crippen LogP contribution is -2.31. The SMILES string of the molecule is CCC(C)(C)OCC(O)COC(C)=O. The summed E-state index contributed by atoms with van der Waals surface area (Å²) < 4.78 is 10.1. The molecule has 0 aliphatic rings. The Morgan fingerprint density at radius 1 is 1.43 bits per heavy atom. The van der Waals surface area contributed by atoms with Crippen LogP contribution in [0.25, 0.3) is 0 Å². The highest BCUT2D eigenvalue weighted by Gasteiger charge is 2.17. The van der Waals surface area contributed by atoms with Crippen LogP contribution in [0.5, 0.6) is 0 Å². The average molecular weight is 204 g/mol. The minimum absolute atomic E-state index is 0.00483. The van der Waals surface area contributed by atoms with E-state index in [1.54, 1.807) is 0 Å². The molecule has 1 N–H and O–H groups in total. The van der Waals surface area contributed by atoms with Gasteiger partial charge in [0.2, 0.25) is 0 Å². The number of hydrogen-bond donors (Lipinski definition) is 1. The summed E-state index contributed by atoms with van der Waals surface area (Å²) in [5.41, 5.74) is -0.239. The van der Waals surface area contributed by atoms with Crippen LogP contribution in [0.15, 0.2) is 0 Å². The molecule has 0 spiro atoms. The molecule has 0 aromatic carbocycles. The molecule has 0 rings (SSSR count). The number of esters is 1. The molecule has 14 heavy (non-hydrogen) atoms. The molecule has 0 aliphatic heterocycles. The number of carbonyl (C=O) groups excluding carboxylic acids is 1. The molecule has 0 aromatic heterocycles. The number of hydrogen-bond acceptors (Lipinski definition) is 4. The van der Waals surface area contributed by atoms with E-state index >= 15 is 0 Å². The summed E-state index contributed by atoms with van der Waals surface area (Å²) >= 11 is 0. The van der Waals surface area contributed by atoms with Crippen LogP contribution in [0.2, 0.25) is 0 Å². The summed E-state index contributed by atoms with van der Waals surface area (Å²) in [5, 5.41) is 9.35. The van der Waals surface area contributed by atoms with Crippen molar-refractivity contribution in [2.45, 2.75) is 45.8 Å². The van der Waals surface area contributed by atoms with E-state index in [2.05, 4.69) is 4.74 Å². The van der Waals surface area contributed by atoms with Gasteiger partial charge in [0.15, 0.2) is 0 Å². The predicted molar refractivity (Wildman–Crippen MR) is 53.0 cm³/mol. The molecule has 0 heterocycles. The maximum Gasteiger partial charge on any atom is 0.302 e. The van der Waals surface area contributed by atoms with Crippen LogP contribution in [0.4, 0.5) is 0 Å². The fourth-order valence-corrected chi connectivity index (χ4v) is 0.686. The quantitative estimate of drug-likeness (QED) is 0.659. The van der Waals surface area contributed by atoms with Crippen LogP contribution in [0.1, 0.15) is 34.1 Å². The van der Waals surface area contributed by atoms with Gasteiger partial charge in [0.1, 0.15) is 12.7 Å². The van der Waals surface area contributed by atoms with Crippen LogP contribution in [-0.2, 0) is 14.3 Å². The summed E-state index contributed by atoms with van der Waals surface area (Å²) in [7, 11) is 0. The van der Waals surface area contributed by atoms with Gasteiger partial charge in [-0.05, 0) is 20.3 Å². The van der Waals surface area contributed by atoms with Crippen molar-refractivity contribution in [3.05, 3.63) is 0 Å². The Morgan fingerprint density at radius 2 is 2.00 bits per heavy atom. The third-order valence-electron chi connectivity index (χ3n) is 2.00. The first-order valence-corrected chi connectivity index (χ1v) is 4.83. The zero-order valence-corrected chi connectivity index (χ0v) is 9.37. The molecular formula is C10H20O4. The summed E-state index contributed by atoms with van der Waals surface area (Å²) in [4.78, 5) is 10.4. The Bertz CT molecular complexity index is 177. The molecule has 4 heteroatoms. The summed E-state index contributed by atoms with van der Waals surface area (Å²) in [5.74, 6) is -0.390. The molecule has 0 bridgehead atoms. The van der Waals surface area contributed by atoms with E-state index in [4.69, 9.17) is 4.74 Å². The van der Waals surface area contributed by atoms with E-state index < -0.39 is 6.10 Å². The third-order valence-corrected chi connectivity index (χ3v) is 2.00.